The van der Waals surface area contributed by atoms with E-state index in [1.807, 2.05) is 0 Å². The third kappa shape index (κ3) is 1.57. The smallest absolute Gasteiger partial charge is 0.235 e. The Bertz CT molecular complexity index is 471. The summed E-state index contributed by atoms with van der Waals surface area (Å²) in [6.07, 6.45) is 3.11. The number of hydrogen-bond donors (Lipinski definition) is 1. The first kappa shape index (κ1) is 10.7. The minimum atomic E-state index is -0.564. The van der Waals surface area contributed by atoms with Crippen LogP contribution in [-0.2, 0) is 10.3 Å². The molecule has 1 saturated carbocycles. The lowest BCUT2D eigenvalue weighted by Crippen LogP contribution is -2.04. The highest BCUT2D eigenvalue weighted by Crippen LogP contribution is 2.53. The Labute approximate surface area is 93.6 Å². The fourth-order valence-corrected chi connectivity index (χ4v) is 1.87. The molecular formula is C12H13NO3. The van der Waals surface area contributed by atoms with E-state index in [9.17, 15) is 9.90 Å². The molecule has 0 radical (unpaired) electrons. The van der Waals surface area contributed by atoms with Gasteiger partial charge >= 0.3 is 0 Å². The lowest BCUT2D eigenvalue weighted by molar-refractivity contribution is 0.407. The summed E-state index contributed by atoms with van der Waals surface area (Å²) in [4.78, 5) is 14.2. The number of methoxy groups -OCH3 is 1. The number of rotatable bonds is 3. The fraction of sp³-hybridized carbons (Fsp3) is 0.417. The van der Waals surface area contributed by atoms with E-state index in [0.29, 0.717) is 11.3 Å². The molecule has 0 spiro atoms. The Morgan fingerprint density at radius 2 is 2.19 bits per heavy atom. The van der Waals surface area contributed by atoms with E-state index in [1.54, 1.807) is 32.2 Å². The molecule has 1 aliphatic carbocycles. The van der Waals surface area contributed by atoms with Gasteiger partial charge in [-0.25, -0.2) is 4.79 Å². The monoisotopic (exact) mass is 219 g/mol. The summed E-state index contributed by atoms with van der Waals surface area (Å²) in [5.74, 6) is 0.856. The van der Waals surface area contributed by atoms with Crippen molar-refractivity contribution >= 4 is 6.08 Å². The Morgan fingerprint density at radius 1 is 1.50 bits per heavy atom. The standard InChI is InChI=1S/C12H13NO3/c1-8-5-9(16-2)6-10(11(8)15)12(3-4-12)13-7-14/h5-6,15H,3-4H2,1-2H3. The van der Waals surface area contributed by atoms with E-state index in [-0.39, 0.29) is 5.75 Å². The molecule has 4 nitrogen and oxygen atoms in total. The first-order valence-electron chi connectivity index (χ1n) is 5.10. The lowest BCUT2D eigenvalue weighted by atomic mass is 10.0. The molecule has 0 saturated heterocycles. The van der Waals surface area contributed by atoms with Crippen LogP contribution in [0.15, 0.2) is 17.1 Å². The zero-order valence-corrected chi connectivity index (χ0v) is 9.28. The maximum Gasteiger partial charge on any atom is 0.235 e. The molecule has 0 bridgehead atoms. The Hall–Kier alpha value is -1.80. The van der Waals surface area contributed by atoms with Crippen molar-refractivity contribution in [1.29, 1.82) is 0 Å². The summed E-state index contributed by atoms with van der Waals surface area (Å²) in [5.41, 5.74) is 0.819. The van der Waals surface area contributed by atoms with Crippen molar-refractivity contribution in [1.82, 2.24) is 0 Å². The molecule has 0 unspecified atom stereocenters. The Morgan fingerprint density at radius 3 is 2.69 bits per heavy atom. The lowest BCUT2D eigenvalue weighted by Gasteiger charge is -2.14. The van der Waals surface area contributed by atoms with E-state index in [2.05, 4.69) is 4.99 Å². The van der Waals surface area contributed by atoms with E-state index in [0.717, 1.165) is 18.4 Å². The van der Waals surface area contributed by atoms with Gasteiger partial charge in [0.05, 0.1) is 7.11 Å². The SMILES string of the molecule is COc1cc(C)c(O)c(C2(N=C=O)CC2)c1. The molecule has 1 N–H and O–H groups in total. The fourth-order valence-electron chi connectivity index (χ4n) is 1.87. The van der Waals surface area contributed by atoms with Gasteiger partial charge in [-0.15, -0.1) is 0 Å². The summed E-state index contributed by atoms with van der Waals surface area (Å²) in [7, 11) is 1.57. The van der Waals surface area contributed by atoms with Gasteiger partial charge in [-0.3, -0.25) is 0 Å². The van der Waals surface area contributed by atoms with Crippen LogP contribution in [0, 0.1) is 6.92 Å². The predicted molar refractivity (Wildman–Crippen MR) is 58.4 cm³/mol. The molecule has 1 aromatic carbocycles. The van der Waals surface area contributed by atoms with Gasteiger partial charge in [-0.2, -0.15) is 4.99 Å². The van der Waals surface area contributed by atoms with Crippen LogP contribution >= 0.6 is 0 Å². The number of aromatic hydroxyl groups is 1. The first-order chi connectivity index (χ1) is 7.63. The van der Waals surface area contributed by atoms with Crippen LogP contribution in [0.4, 0.5) is 0 Å². The molecule has 84 valence electrons. The number of aliphatic imine (C=N–C) groups is 1. The largest absolute Gasteiger partial charge is 0.507 e. The molecule has 0 aliphatic heterocycles. The van der Waals surface area contributed by atoms with Crippen molar-refractivity contribution in [3.63, 3.8) is 0 Å². The minimum Gasteiger partial charge on any atom is -0.507 e. The van der Waals surface area contributed by atoms with Crippen molar-refractivity contribution < 1.29 is 14.6 Å². The summed E-state index contributed by atoms with van der Waals surface area (Å²) >= 11 is 0. The van der Waals surface area contributed by atoms with Gasteiger partial charge in [0.1, 0.15) is 17.0 Å². The number of nitrogens with zero attached hydrogens (tertiary/aromatic N) is 1. The van der Waals surface area contributed by atoms with Crippen LogP contribution in [0.3, 0.4) is 0 Å². The molecule has 2 rings (SSSR count). The van der Waals surface area contributed by atoms with Crippen LogP contribution in [0.25, 0.3) is 0 Å². The highest BCUT2D eigenvalue weighted by Gasteiger charge is 2.47. The van der Waals surface area contributed by atoms with E-state index in [4.69, 9.17) is 4.74 Å². The molecule has 4 heteroatoms. The molecule has 0 amide bonds. The molecule has 16 heavy (non-hydrogen) atoms. The van der Waals surface area contributed by atoms with Gasteiger partial charge in [0.15, 0.2) is 0 Å². The zero-order valence-electron chi connectivity index (χ0n) is 9.28. The summed E-state index contributed by atoms with van der Waals surface area (Å²) in [5, 5.41) is 9.97. The second-order valence-electron chi connectivity index (χ2n) is 4.08. The molecule has 1 aliphatic rings. The molecule has 1 aromatic rings. The maximum atomic E-state index is 10.4. The first-order valence-corrected chi connectivity index (χ1v) is 5.10. The van der Waals surface area contributed by atoms with Crippen LogP contribution in [0.1, 0.15) is 24.0 Å². The second kappa shape index (κ2) is 3.65. The van der Waals surface area contributed by atoms with Crippen molar-refractivity contribution in [2.75, 3.05) is 7.11 Å². The summed E-state index contributed by atoms with van der Waals surface area (Å²) in [6.45, 7) is 1.79. The third-order valence-electron chi connectivity index (χ3n) is 2.99. The number of phenols is 1. The third-order valence-corrected chi connectivity index (χ3v) is 2.99. The van der Waals surface area contributed by atoms with E-state index < -0.39 is 5.54 Å². The topological polar surface area (TPSA) is 58.9 Å². The predicted octanol–water partition coefficient (Wildman–Crippen LogP) is 2.03. The number of hydrogen-bond acceptors (Lipinski definition) is 4. The number of isocyanates is 1. The van der Waals surface area contributed by atoms with Gasteiger partial charge in [0.2, 0.25) is 6.08 Å². The van der Waals surface area contributed by atoms with E-state index in [1.165, 1.54) is 0 Å². The zero-order chi connectivity index (χ0) is 11.8. The number of carbonyl (C=O) groups excluding carboxylic acids is 1. The average molecular weight is 219 g/mol. The van der Waals surface area contributed by atoms with E-state index >= 15 is 0 Å². The normalized spacial score (nSPS) is 16.4. The van der Waals surface area contributed by atoms with Crippen molar-refractivity contribution in [2.45, 2.75) is 25.3 Å². The van der Waals surface area contributed by atoms with Gasteiger partial charge in [-0.1, -0.05) is 0 Å². The molecule has 0 aromatic heterocycles. The Balaban J connectivity index is 2.55. The maximum absolute atomic E-state index is 10.4. The highest BCUT2D eigenvalue weighted by molar-refractivity contribution is 5.53. The van der Waals surface area contributed by atoms with Crippen molar-refractivity contribution in [3.05, 3.63) is 23.3 Å². The van der Waals surface area contributed by atoms with Gasteiger partial charge in [0, 0.05) is 5.56 Å². The quantitative estimate of drug-likeness (QED) is 0.625. The highest BCUT2D eigenvalue weighted by atomic mass is 16.5. The van der Waals surface area contributed by atoms with Crippen LogP contribution in [-0.4, -0.2) is 18.3 Å². The van der Waals surface area contributed by atoms with Crippen LogP contribution in [0.5, 0.6) is 11.5 Å². The van der Waals surface area contributed by atoms with Gasteiger partial charge in [0.25, 0.3) is 0 Å². The van der Waals surface area contributed by atoms with Gasteiger partial charge in [-0.05, 0) is 37.5 Å². The van der Waals surface area contributed by atoms with Crippen LogP contribution < -0.4 is 4.74 Å². The number of ether oxygens (including phenoxy) is 1. The van der Waals surface area contributed by atoms with Crippen LogP contribution in [0.2, 0.25) is 0 Å². The molecule has 0 heterocycles. The number of benzene rings is 1. The molecule has 1 fully saturated rings. The van der Waals surface area contributed by atoms with Crippen molar-refractivity contribution in [3.8, 4) is 11.5 Å². The Kier molecular flexibility index (Phi) is 2.44. The number of phenolic OH excluding ortho intramolecular Hbond substituents is 1. The summed E-state index contributed by atoms with van der Waals surface area (Å²) < 4.78 is 5.14. The average Bonchev–Trinajstić information content (AvgIpc) is 3.03. The minimum absolute atomic E-state index is 0.192. The number of aryl methyl sites for hydroxylation is 1. The van der Waals surface area contributed by atoms with Crippen molar-refractivity contribution in [2.24, 2.45) is 4.99 Å². The second-order valence-corrected chi connectivity index (χ2v) is 4.08. The molecular weight excluding hydrogens is 206 g/mol. The molecule has 0 atom stereocenters. The summed E-state index contributed by atoms with van der Waals surface area (Å²) in [6, 6.07) is 3.48. The van der Waals surface area contributed by atoms with Gasteiger partial charge < -0.3 is 9.84 Å².